The van der Waals surface area contributed by atoms with E-state index in [1.807, 2.05) is 36.4 Å². The summed E-state index contributed by atoms with van der Waals surface area (Å²) in [4.78, 5) is 27.2. The number of nitrogens with zero attached hydrogens (tertiary/aromatic N) is 2. The SMILES string of the molecule is COc1cc(/C=C2\N=C(c3cc([N+](=O)[O-])ccc3Cl)OC2=O)cc(I)c1OCCc1ccccc1. The van der Waals surface area contributed by atoms with Gasteiger partial charge in [0, 0.05) is 18.6 Å². The highest BCUT2D eigenvalue weighted by molar-refractivity contribution is 14.1. The molecule has 3 aromatic carbocycles. The van der Waals surface area contributed by atoms with Gasteiger partial charge in [0.05, 0.1) is 32.8 Å². The van der Waals surface area contributed by atoms with Crippen molar-refractivity contribution in [1.29, 1.82) is 0 Å². The summed E-state index contributed by atoms with van der Waals surface area (Å²) in [6.45, 7) is 0.473. The van der Waals surface area contributed by atoms with Crippen molar-refractivity contribution in [3.05, 3.63) is 102 Å². The molecule has 0 aromatic heterocycles. The van der Waals surface area contributed by atoms with E-state index >= 15 is 0 Å². The van der Waals surface area contributed by atoms with Crippen LogP contribution in [-0.2, 0) is 16.0 Å². The van der Waals surface area contributed by atoms with E-state index in [1.54, 1.807) is 12.1 Å². The van der Waals surface area contributed by atoms with E-state index < -0.39 is 10.9 Å². The van der Waals surface area contributed by atoms with Crippen molar-refractivity contribution in [1.82, 2.24) is 0 Å². The fraction of sp³-hybridized carbons (Fsp3) is 0.120. The van der Waals surface area contributed by atoms with Crippen molar-refractivity contribution in [3.63, 3.8) is 0 Å². The first-order valence-corrected chi connectivity index (χ1v) is 11.8. The van der Waals surface area contributed by atoms with Crippen LogP contribution in [0.25, 0.3) is 6.08 Å². The number of carbonyl (C=O) groups excluding carboxylic acids is 1. The second kappa shape index (κ2) is 10.9. The molecule has 10 heteroatoms. The number of cyclic esters (lactones) is 1. The van der Waals surface area contributed by atoms with Crippen LogP contribution in [0, 0.1) is 13.7 Å². The van der Waals surface area contributed by atoms with Gasteiger partial charge in [0.1, 0.15) is 0 Å². The number of hydrogen-bond donors (Lipinski definition) is 0. The molecule has 1 heterocycles. The number of rotatable bonds is 8. The van der Waals surface area contributed by atoms with Crippen LogP contribution < -0.4 is 9.47 Å². The fourth-order valence-electron chi connectivity index (χ4n) is 3.35. The number of carbonyl (C=O) groups is 1. The van der Waals surface area contributed by atoms with Gasteiger partial charge in [0.25, 0.3) is 5.69 Å². The highest BCUT2D eigenvalue weighted by Crippen LogP contribution is 2.35. The zero-order chi connectivity index (χ0) is 24.9. The molecular weight excluding hydrogens is 587 g/mol. The summed E-state index contributed by atoms with van der Waals surface area (Å²) < 4.78 is 17.5. The summed E-state index contributed by atoms with van der Waals surface area (Å²) in [5.74, 6) is 0.319. The van der Waals surface area contributed by atoms with Gasteiger partial charge in [-0.3, -0.25) is 10.1 Å². The Kier molecular flexibility index (Phi) is 7.67. The molecule has 0 fully saturated rings. The Balaban J connectivity index is 1.57. The van der Waals surface area contributed by atoms with Crippen molar-refractivity contribution < 1.29 is 23.9 Å². The summed E-state index contributed by atoms with van der Waals surface area (Å²) in [5, 5.41) is 11.3. The van der Waals surface area contributed by atoms with Gasteiger partial charge in [-0.1, -0.05) is 41.9 Å². The molecule has 0 atom stereocenters. The highest BCUT2D eigenvalue weighted by atomic mass is 127. The molecule has 0 N–H and O–H groups in total. The lowest BCUT2D eigenvalue weighted by Crippen LogP contribution is -2.06. The first-order chi connectivity index (χ1) is 16.9. The van der Waals surface area contributed by atoms with E-state index in [0.717, 1.165) is 9.99 Å². The van der Waals surface area contributed by atoms with Crippen molar-refractivity contribution in [2.45, 2.75) is 6.42 Å². The summed E-state index contributed by atoms with van der Waals surface area (Å²) in [5.41, 5.74) is 1.80. The van der Waals surface area contributed by atoms with Crippen LogP contribution in [-0.4, -0.2) is 30.5 Å². The van der Waals surface area contributed by atoms with Gasteiger partial charge in [-0.15, -0.1) is 0 Å². The Morgan fingerprint density at radius 1 is 1.17 bits per heavy atom. The minimum Gasteiger partial charge on any atom is -0.493 e. The molecule has 178 valence electrons. The van der Waals surface area contributed by atoms with Crippen LogP contribution in [0.4, 0.5) is 5.69 Å². The smallest absolute Gasteiger partial charge is 0.363 e. The van der Waals surface area contributed by atoms with Crippen LogP contribution in [0.5, 0.6) is 11.5 Å². The average Bonchev–Trinajstić information content (AvgIpc) is 3.20. The number of hydrogen-bond acceptors (Lipinski definition) is 7. The molecule has 0 saturated carbocycles. The monoisotopic (exact) mass is 604 g/mol. The first-order valence-electron chi connectivity index (χ1n) is 10.4. The zero-order valence-electron chi connectivity index (χ0n) is 18.4. The lowest BCUT2D eigenvalue weighted by molar-refractivity contribution is -0.384. The molecule has 1 aliphatic rings. The molecule has 4 rings (SSSR count). The molecule has 1 aliphatic heterocycles. The number of aliphatic imine (C=N–C) groups is 1. The number of halogens is 2. The molecule has 0 radical (unpaired) electrons. The molecule has 35 heavy (non-hydrogen) atoms. The maximum atomic E-state index is 12.4. The molecular formula is C25H18ClIN2O6. The second-order valence-electron chi connectivity index (χ2n) is 7.38. The summed E-state index contributed by atoms with van der Waals surface area (Å²) in [6.07, 6.45) is 2.29. The van der Waals surface area contributed by atoms with Crippen molar-refractivity contribution in [2.75, 3.05) is 13.7 Å². The van der Waals surface area contributed by atoms with Crippen molar-refractivity contribution in [2.24, 2.45) is 4.99 Å². The molecule has 0 spiro atoms. The largest absolute Gasteiger partial charge is 0.493 e. The Bertz CT molecular complexity index is 1360. The standard InChI is InChI=1S/C25H18ClIN2O6/c1-33-22-13-16(11-20(27)23(22)34-10-9-15-5-3-2-4-6-15)12-21-25(30)35-24(28-21)18-14-17(29(31)32)7-8-19(18)26/h2-8,11-14H,9-10H2,1H3/b21-12-. The van der Waals surface area contributed by atoms with Gasteiger partial charge >= 0.3 is 5.97 Å². The first kappa shape index (κ1) is 24.7. The Labute approximate surface area is 219 Å². The van der Waals surface area contributed by atoms with Crippen molar-refractivity contribution >= 4 is 57.8 Å². The third-order valence-corrected chi connectivity index (χ3v) is 6.18. The molecule has 0 unspecified atom stereocenters. The third kappa shape index (κ3) is 5.80. The fourth-order valence-corrected chi connectivity index (χ4v) is 4.33. The maximum absolute atomic E-state index is 12.4. The van der Waals surface area contributed by atoms with Crippen LogP contribution >= 0.6 is 34.2 Å². The summed E-state index contributed by atoms with van der Waals surface area (Å²) in [6, 6.07) is 17.4. The third-order valence-electron chi connectivity index (χ3n) is 5.05. The van der Waals surface area contributed by atoms with E-state index in [9.17, 15) is 14.9 Å². The number of benzene rings is 3. The highest BCUT2D eigenvalue weighted by Gasteiger charge is 2.27. The van der Waals surface area contributed by atoms with E-state index in [2.05, 4.69) is 27.6 Å². The van der Waals surface area contributed by atoms with Gasteiger partial charge in [0.2, 0.25) is 5.90 Å². The molecule has 0 bridgehead atoms. The molecule has 0 saturated heterocycles. The van der Waals surface area contributed by atoms with E-state index in [1.165, 1.54) is 30.9 Å². The van der Waals surface area contributed by atoms with Crippen LogP contribution in [0.2, 0.25) is 5.02 Å². The normalized spacial score (nSPS) is 14.0. The lowest BCUT2D eigenvalue weighted by atomic mass is 10.1. The minimum atomic E-state index is -0.695. The average molecular weight is 605 g/mol. The number of nitro benzene ring substituents is 1. The minimum absolute atomic E-state index is 0.0261. The Hall–Kier alpha value is -3.44. The number of nitro groups is 1. The number of ether oxygens (including phenoxy) is 3. The van der Waals surface area contributed by atoms with Gasteiger partial charge in [-0.05, 0) is 58.0 Å². The van der Waals surface area contributed by atoms with Gasteiger partial charge in [0.15, 0.2) is 17.2 Å². The van der Waals surface area contributed by atoms with Gasteiger partial charge in [-0.2, -0.15) is 0 Å². The maximum Gasteiger partial charge on any atom is 0.363 e. The van der Waals surface area contributed by atoms with Crippen molar-refractivity contribution in [3.8, 4) is 11.5 Å². The Morgan fingerprint density at radius 2 is 1.94 bits per heavy atom. The van der Waals surface area contributed by atoms with E-state index in [-0.39, 0.29) is 27.9 Å². The van der Waals surface area contributed by atoms with Gasteiger partial charge < -0.3 is 14.2 Å². The molecule has 3 aromatic rings. The van der Waals surface area contributed by atoms with E-state index in [4.69, 9.17) is 25.8 Å². The number of esters is 1. The second-order valence-corrected chi connectivity index (χ2v) is 8.94. The molecule has 8 nitrogen and oxygen atoms in total. The quantitative estimate of drug-likeness (QED) is 0.106. The molecule has 0 amide bonds. The lowest BCUT2D eigenvalue weighted by Gasteiger charge is -2.13. The van der Waals surface area contributed by atoms with Crippen LogP contribution in [0.1, 0.15) is 16.7 Å². The predicted octanol–water partition coefficient (Wildman–Crippen LogP) is 5.83. The predicted molar refractivity (Wildman–Crippen MR) is 140 cm³/mol. The van der Waals surface area contributed by atoms with Crippen LogP contribution in [0.15, 0.2) is 71.4 Å². The van der Waals surface area contributed by atoms with Gasteiger partial charge in [-0.25, -0.2) is 9.79 Å². The topological polar surface area (TPSA) is 100 Å². The Morgan fingerprint density at radius 3 is 2.66 bits per heavy atom. The summed E-state index contributed by atoms with van der Waals surface area (Å²) in [7, 11) is 1.54. The molecule has 0 aliphatic carbocycles. The zero-order valence-corrected chi connectivity index (χ0v) is 21.3. The number of methoxy groups -OCH3 is 1. The number of non-ortho nitro benzene ring substituents is 1. The van der Waals surface area contributed by atoms with Crippen LogP contribution in [0.3, 0.4) is 0 Å². The van der Waals surface area contributed by atoms with E-state index in [0.29, 0.717) is 23.7 Å². The summed E-state index contributed by atoms with van der Waals surface area (Å²) >= 11 is 8.29.